The standard InChI is InChI=1S/C16H16O5/c1-20-16(19)15(11-2-4-12(17)5-3-11)10-21-14-8-6-13(18)7-9-14/h2-9,15,17-18H,10H2,1H3. The Balaban J connectivity index is 2.11. The average Bonchev–Trinajstić information content (AvgIpc) is 2.50. The van der Waals surface area contributed by atoms with E-state index in [4.69, 9.17) is 9.47 Å². The van der Waals surface area contributed by atoms with Crippen LogP contribution in [0.4, 0.5) is 0 Å². The molecule has 2 aromatic carbocycles. The van der Waals surface area contributed by atoms with Gasteiger partial charge < -0.3 is 19.7 Å². The first-order chi connectivity index (χ1) is 10.1. The number of phenolic OH excluding ortho intramolecular Hbond substituents is 2. The molecule has 0 aliphatic rings. The van der Waals surface area contributed by atoms with Gasteiger partial charge in [0.15, 0.2) is 0 Å². The summed E-state index contributed by atoms with van der Waals surface area (Å²) in [5, 5.41) is 18.5. The summed E-state index contributed by atoms with van der Waals surface area (Å²) >= 11 is 0. The van der Waals surface area contributed by atoms with Gasteiger partial charge in [0.2, 0.25) is 0 Å². The predicted octanol–water partition coefficient (Wildman–Crippen LogP) is 2.43. The van der Waals surface area contributed by atoms with Crippen molar-refractivity contribution >= 4 is 5.97 Å². The van der Waals surface area contributed by atoms with E-state index in [1.807, 2.05) is 0 Å². The molecule has 0 aliphatic heterocycles. The van der Waals surface area contributed by atoms with Crippen molar-refractivity contribution in [1.82, 2.24) is 0 Å². The first kappa shape index (κ1) is 14.7. The Morgan fingerprint density at radius 1 is 1.00 bits per heavy atom. The molecule has 2 aromatic rings. The fourth-order valence-corrected chi connectivity index (χ4v) is 1.87. The summed E-state index contributed by atoms with van der Waals surface area (Å²) in [7, 11) is 1.32. The van der Waals surface area contributed by atoms with Crippen LogP contribution in [0.5, 0.6) is 17.2 Å². The molecule has 0 bridgehead atoms. The van der Waals surface area contributed by atoms with Gasteiger partial charge in [-0.3, -0.25) is 4.79 Å². The second kappa shape index (κ2) is 6.65. The van der Waals surface area contributed by atoms with Crippen LogP contribution in [0, 0.1) is 0 Å². The molecule has 5 heteroatoms. The zero-order valence-electron chi connectivity index (χ0n) is 11.5. The summed E-state index contributed by atoms with van der Waals surface area (Å²) in [6, 6.07) is 12.5. The lowest BCUT2D eigenvalue weighted by Gasteiger charge is -2.16. The van der Waals surface area contributed by atoms with Crippen molar-refractivity contribution in [1.29, 1.82) is 0 Å². The third kappa shape index (κ3) is 3.89. The summed E-state index contributed by atoms with van der Waals surface area (Å²) in [6.07, 6.45) is 0. The van der Waals surface area contributed by atoms with Crippen molar-refractivity contribution in [2.24, 2.45) is 0 Å². The second-order valence-corrected chi connectivity index (χ2v) is 4.47. The molecule has 1 atom stereocenters. The lowest BCUT2D eigenvalue weighted by Crippen LogP contribution is -2.21. The monoisotopic (exact) mass is 288 g/mol. The van der Waals surface area contributed by atoms with Gasteiger partial charge in [0, 0.05) is 0 Å². The van der Waals surface area contributed by atoms with Gasteiger partial charge in [-0.15, -0.1) is 0 Å². The van der Waals surface area contributed by atoms with Gasteiger partial charge in [-0.25, -0.2) is 0 Å². The van der Waals surface area contributed by atoms with Crippen LogP contribution in [-0.2, 0) is 9.53 Å². The molecule has 21 heavy (non-hydrogen) atoms. The van der Waals surface area contributed by atoms with Crippen LogP contribution in [-0.4, -0.2) is 29.9 Å². The van der Waals surface area contributed by atoms with Crippen LogP contribution in [0.2, 0.25) is 0 Å². The molecule has 2 N–H and O–H groups in total. The number of esters is 1. The Morgan fingerprint density at radius 2 is 1.52 bits per heavy atom. The maximum absolute atomic E-state index is 11.9. The molecule has 0 spiro atoms. The van der Waals surface area contributed by atoms with Gasteiger partial charge in [-0.05, 0) is 42.0 Å². The van der Waals surface area contributed by atoms with E-state index in [2.05, 4.69) is 0 Å². The molecule has 2 rings (SSSR count). The van der Waals surface area contributed by atoms with E-state index in [9.17, 15) is 15.0 Å². The number of hydrogen-bond donors (Lipinski definition) is 2. The highest BCUT2D eigenvalue weighted by molar-refractivity contribution is 5.78. The largest absolute Gasteiger partial charge is 0.508 e. The van der Waals surface area contributed by atoms with Gasteiger partial charge in [-0.1, -0.05) is 12.1 Å². The smallest absolute Gasteiger partial charge is 0.316 e. The SMILES string of the molecule is COC(=O)C(COc1ccc(O)cc1)c1ccc(O)cc1. The molecule has 110 valence electrons. The molecular formula is C16H16O5. The van der Waals surface area contributed by atoms with Crippen LogP contribution in [0.3, 0.4) is 0 Å². The molecule has 0 saturated heterocycles. The van der Waals surface area contributed by atoms with Crippen LogP contribution < -0.4 is 4.74 Å². The number of hydrogen-bond acceptors (Lipinski definition) is 5. The lowest BCUT2D eigenvalue weighted by molar-refractivity contribution is -0.143. The molecule has 5 nitrogen and oxygen atoms in total. The van der Waals surface area contributed by atoms with E-state index in [0.717, 1.165) is 0 Å². The van der Waals surface area contributed by atoms with Crippen molar-refractivity contribution in [3.05, 3.63) is 54.1 Å². The van der Waals surface area contributed by atoms with E-state index in [1.54, 1.807) is 24.3 Å². The third-order valence-corrected chi connectivity index (χ3v) is 3.03. The maximum atomic E-state index is 11.9. The average molecular weight is 288 g/mol. The summed E-state index contributed by atoms with van der Waals surface area (Å²) < 4.78 is 10.3. The summed E-state index contributed by atoms with van der Waals surface area (Å²) in [6.45, 7) is 0.0994. The Bertz CT molecular complexity index is 589. The van der Waals surface area contributed by atoms with Crippen molar-refractivity contribution < 1.29 is 24.5 Å². The van der Waals surface area contributed by atoms with Crippen molar-refractivity contribution in [2.45, 2.75) is 5.92 Å². The fourth-order valence-electron chi connectivity index (χ4n) is 1.87. The van der Waals surface area contributed by atoms with Gasteiger partial charge in [0.05, 0.1) is 7.11 Å². The number of ether oxygens (including phenoxy) is 2. The first-order valence-corrected chi connectivity index (χ1v) is 6.38. The van der Waals surface area contributed by atoms with E-state index in [-0.39, 0.29) is 18.1 Å². The molecule has 0 fully saturated rings. The quantitative estimate of drug-likeness (QED) is 0.826. The van der Waals surface area contributed by atoms with Crippen LogP contribution in [0.1, 0.15) is 11.5 Å². The third-order valence-electron chi connectivity index (χ3n) is 3.03. The molecule has 0 radical (unpaired) electrons. The van der Waals surface area contributed by atoms with E-state index in [1.165, 1.54) is 31.4 Å². The van der Waals surface area contributed by atoms with Crippen LogP contribution in [0.15, 0.2) is 48.5 Å². The highest BCUT2D eigenvalue weighted by Crippen LogP contribution is 2.23. The van der Waals surface area contributed by atoms with E-state index >= 15 is 0 Å². The predicted molar refractivity (Wildman–Crippen MR) is 76.5 cm³/mol. The Labute approximate surface area is 122 Å². The number of methoxy groups -OCH3 is 1. The van der Waals surface area contributed by atoms with Gasteiger partial charge in [-0.2, -0.15) is 0 Å². The molecule has 0 aliphatic carbocycles. The maximum Gasteiger partial charge on any atom is 0.316 e. The first-order valence-electron chi connectivity index (χ1n) is 6.38. The lowest BCUT2D eigenvalue weighted by atomic mass is 10.00. The number of benzene rings is 2. The summed E-state index contributed by atoms with van der Waals surface area (Å²) in [4.78, 5) is 11.9. The number of rotatable bonds is 5. The number of aromatic hydroxyl groups is 2. The Kier molecular flexibility index (Phi) is 4.66. The van der Waals surface area contributed by atoms with Gasteiger partial charge in [0.25, 0.3) is 0 Å². The van der Waals surface area contributed by atoms with Crippen LogP contribution >= 0.6 is 0 Å². The zero-order chi connectivity index (χ0) is 15.2. The number of phenols is 2. The highest BCUT2D eigenvalue weighted by atomic mass is 16.5. The number of carbonyl (C=O) groups is 1. The molecule has 1 unspecified atom stereocenters. The van der Waals surface area contributed by atoms with Gasteiger partial charge >= 0.3 is 5.97 Å². The second-order valence-electron chi connectivity index (χ2n) is 4.47. The molecule has 0 heterocycles. The molecule has 0 aromatic heterocycles. The van der Waals surface area contributed by atoms with Crippen molar-refractivity contribution in [3.8, 4) is 17.2 Å². The van der Waals surface area contributed by atoms with Crippen molar-refractivity contribution in [2.75, 3.05) is 13.7 Å². The number of carbonyl (C=O) groups excluding carboxylic acids is 1. The van der Waals surface area contributed by atoms with Crippen molar-refractivity contribution in [3.63, 3.8) is 0 Å². The van der Waals surface area contributed by atoms with E-state index < -0.39 is 11.9 Å². The summed E-state index contributed by atoms with van der Waals surface area (Å²) in [5.74, 6) is -0.198. The minimum absolute atomic E-state index is 0.0994. The fraction of sp³-hybridized carbons (Fsp3) is 0.188. The summed E-state index contributed by atoms with van der Waals surface area (Å²) in [5.41, 5.74) is 0.693. The topological polar surface area (TPSA) is 76.0 Å². The van der Waals surface area contributed by atoms with E-state index in [0.29, 0.717) is 11.3 Å². The normalized spacial score (nSPS) is 11.7. The molecule has 0 amide bonds. The minimum Gasteiger partial charge on any atom is -0.508 e. The van der Waals surface area contributed by atoms with Gasteiger partial charge in [0.1, 0.15) is 29.8 Å². The Hall–Kier alpha value is -2.69. The van der Waals surface area contributed by atoms with Crippen LogP contribution in [0.25, 0.3) is 0 Å². The zero-order valence-corrected chi connectivity index (χ0v) is 11.5. The Morgan fingerprint density at radius 3 is 2.05 bits per heavy atom. The molecule has 0 saturated carbocycles. The highest BCUT2D eigenvalue weighted by Gasteiger charge is 2.22. The molecular weight excluding hydrogens is 272 g/mol. The minimum atomic E-state index is -0.593.